The van der Waals surface area contributed by atoms with E-state index in [1.165, 1.54) is 7.11 Å². The predicted molar refractivity (Wildman–Crippen MR) is 141 cm³/mol. The van der Waals surface area contributed by atoms with Gasteiger partial charge in [0.15, 0.2) is 0 Å². The second-order valence-electron chi connectivity index (χ2n) is 10.1. The fourth-order valence-corrected chi connectivity index (χ4v) is 5.29. The number of fused-ring (bicyclic) bond motifs is 2. The van der Waals surface area contributed by atoms with Gasteiger partial charge in [-0.25, -0.2) is 4.79 Å². The summed E-state index contributed by atoms with van der Waals surface area (Å²) >= 11 is 6.06. The van der Waals surface area contributed by atoms with Crippen LogP contribution in [0, 0.1) is 5.92 Å². The van der Waals surface area contributed by atoms with Crippen LogP contribution >= 0.6 is 11.6 Å². The van der Waals surface area contributed by atoms with Crippen molar-refractivity contribution in [3.63, 3.8) is 0 Å². The maximum Gasteiger partial charge on any atom is 0.328 e. The highest BCUT2D eigenvalue weighted by Crippen LogP contribution is 2.38. The van der Waals surface area contributed by atoms with Gasteiger partial charge in [0.2, 0.25) is 5.91 Å². The number of hydrogen-bond acceptors (Lipinski definition) is 5. The quantitative estimate of drug-likeness (QED) is 0.333. The van der Waals surface area contributed by atoms with Crippen molar-refractivity contribution < 1.29 is 24.2 Å². The molecule has 0 unspecified atom stereocenters. The Labute approximate surface area is 220 Å². The van der Waals surface area contributed by atoms with Gasteiger partial charge in [-0.2, -0.15) is 0 Å². The summed E-state index contributed by atoms with van der Waals surface area (Å²) in [6, 6.07) is 13.2. The average molecular weight is 526 g/mol. The Morgan fingerprint density at radius 2 is 1.95 bits per heavy atom. The number of H-pyrrole nitrogens is 1. The van der Waals surface area contributed by atoms with Crippen LogP contribution in [0.4, 0.5) is 0 Å². The van der Waals surface area contributed by atoms with E-state index in [2.05, 4.69) is 15.6 Å². The standard InChI is InChI=1S/C28H32ClN3O5/c1-16(2)10-24(27(35)37-3)32-25(33)15-28(36)14-20(12-17-6-4-5-7-21(17)28)30-26(34)23-13-18-11-19(29)8-9-22(18)31-23/h4-9,11,13,16,20,24,31,36H,10,12,14-15H2,1-3H3,(H,30,34)(H,32,33)/t20-,24-,28+/m0/s1. The van der Waals surface area contributed by atoms with Crippen LogP contribution in [-0.2, 0) is 26.3 Å². The van der Waals surface area contributed by atoms with Crippen molar-refractivity contribution in [3.05, 3.63) is 70.4 Å². The van der Waals surface area contributed by atoms with Gasteiger partial charge in [-0.1, -0.05) is 49.7 Å². The van der Waals surface area contributed by atoms with Gasteiger partial charge in [0, 0.05) is 28.4 Å². The molecule has 0 bridgehead atoms. The average Bonchev–Trinajstić information content (AvgIpc) is 3.26. The fraction of sp³-hybridized carbons (Fsp3) is 0.393. The molecule has 0 radical (unpaired) electrons. The molecule has 8 nitrogen and oxygen atoms in total. The smallest absolute Gasteiger partial charge is 0.328 e. The van der Waals surface area contributed by atoms with Crippen LogP contribution in [0.3, 0.4) is 0 Å². The number of carbonyl (C=O) groups is 3. The summed E-state index contributed by atoms with van der Waals surface area (Å²) in [6.07, 6.45) is 0.813. The lowest BCUT2D eigenvalue weighted by Crippen LogP contribution is -2.49. The van der Waals surface area contributed by atoms with Crippen LogP contribution in [-0.4, -0.2) is 47.1 Å². The highest BCUT2D eigenvalue weighted by Gasteiger charge is 2.41. The van der Waals surface area contributed by atoms with E-state index in [1.807, 2.05) is 38.1 Å². The number of ether oxygens (including phenoxy) is 1. The first kappa shape index (κ1) is 26.7. The number of amides is 2. The Bertz CT molecular complexity index is 1320. The normalized spacial score (nSPS) is 19.8. The third kappa shape index (κ3) is 6.14. The highest BCUT2D eigenvalue weighted by atomic mass is 35.5. The first-order chi connectivity index (χ1) is 17.6. The minimum absolute atomic E-state index is 0.141. The molecule has 0 spiro atoms. The number of halogens is 1. The second-order valence-corrected chi connectivity index (χ2v) is 10.6. The molecule has 2 amide bonds. The zero-order chi connectivity index (χ0) is 26.7. The van der Waals surface area contributed by atoms with Gasteiger partial charge in [0.25, 0.3) is 5.91 Å². The molecule has 1 aliphatic carbocycles. The van der Waals surface area contributed by atoms with Gasteiger partial charge in [-0.15, -0.1) is 0 Å². The molecule has 0 saturated heterocycles. The van der Waals surface area contributed by atoms with Crippen molar-refractivity contribution in [3.8, 4) is 0 Å². The number of benzene rings is 2. The third-order valence-electron chi connectivity index (χ3n) is 6.71. The number of rotatable bonds is 8. The van der Waals surface area contributed by atoms with E-state index in [0.29, 0.717) is 29.1 Å². The van der Waals surface area contributed by atoms with Crippen molar-refractivity contribution >= 4 is 40.3 Å². The molecule has 37 heavy (non-hydrogen) atoms. The summed E-state index contributed by atoms with van der Waals surface area (Å²) in [7, 11) is 1.28. The largest absolute Gasteiger partial charge is 0.467 e. The first-order valence-corrected chi connectivity index (χ1v) is 12.7. The summed E-state index contributed by atoms with van der Waals surface area (Å²) in [4.78, 5) is 41.4. The third-order valence-corrected chi connectivity index (χ3v) is 6.95. The van der Waals surface area contributed by atoms with Crippen molar-refractivity contribution in [2.24, 2.45) is 5.92 Å². The van der Waals surface area contributed by atoms with Crippen LogP contribution in [0.25, 0.3) is 10.9 Å². The number of aromatic nitrogens is 1. The number of aromatic amines is 1. The van der Waals surface area contributed by atoms with Gasteiger partial charge in [0.05, 0.1) is 13.5 Å². The Morgan fingerprint density at radius 1 is 1.19 bits per heavy atom. The number of nitrogens with one attached hydrogen (secondary N) is 3. The lowest BCUT2D eigenvalue weighted by atomic mass is 9.74. The van der Waals surface area contributed by atoms with Crippen molar-refractivity contribution in [1.29, 1.82) is 0 Å². The fourth-order valence-electron chi connectivity index (χ4n) is 5.10. The van der Waals surface area contributed by atoms with Crippen LogP contribution in [0.5, 0.6) is 0 Å². The molecule has 0 saturated carbocycles. The van der Waals surface area contributed by atoms with E-state index in [1.54, 1.807) is 24.3 Å². The summed E-state index contributed by atoms with van der Waals surface area (Å²) < 4.78 is 4.84. The number of methoxy groups -OCH3 is 1. The molecule has 3 aromatic rings. The molecular formula is C28H32ClN3O5. The molecule has 4 rings (SSSR count). The van der Waals surface area contributed by atoms with Gasteiger partial charge in [0.1, 0.15) is 17.3 Å². The van der Waals surface area contributed by atoms with Gasteiger partial charge in [-0.3, -0.25) is 9.59 Å². The molecule has 1 aliphatic rings. The Hall–Kier alpha value is -3.36. The lowest BCUT2D eigenvalue weighted by Gasteiger charge is -2.39. The molecule has 196 valence electrons. The van der Waals surface area contributed by atoms with Gasteiger partial charge >= 0.3 is 5.97 Å². The molecule has 0 aliphatic heterocycles. The number of aliphatic hydroxyl groups is 1. The predicted octanol–water partition coefficient (Wildman–Crippen LogP) is 3.85. The molecule has 4 N–H and O–H groups in total. The second kappa shape index (κ2) is 10.9. The molecule has 3 atom stereocenters. The molecular weight excluding hydrogens is 494 g/mol. The zero-order valence-electron chi connectivity index (χ0n) is 21.1. The Morgan fingerprint density at radius 3 is 2.68 bits per heavy atom. The molecule has 9 heteroatoms. The van der Waals surface area contributed by atoms with E-state index >= 15 is 0 Å². The van der Waals surface area contributed by atoms with E-state index in [4.69, 9.17) is 16.3 Å². The van der Waals surface area contributed by atoms with Crippen LogP contribution < -0.4 is 10.6 Å². The number of esters is 1. The molecule has 1 heterocycles. The SMILES string of the molecule is COC(=O)[C@H](CC(C)C)NC(=O)C[C@]1(O)C[C@@H](NC(=O)c2cc3cc(Cl)ccc3[nH]2)Cc2ccccc21. The monoisotopic (exact) mass is 525 g/mol. The van der Waals surface area contributed by atoms with Crippen molar-refractivity contribution in [1.82, 2.24) is 15.6 Å². The Kier molecular flexibility index (Phi) is 7.90. The van der Waals surface area contributed by atoms with Crippen LogP contribution in [0.1, 0.15) is 54.7 Å². The van der Waals surface area contributed by atoms with E-state index in [9.17, 15) is 19.5 Å². The molecule has 2 aromatic carbocycles. The lowest BCUT2D eigenvalue weighted by molar-refractivity contribution is -0.146. The number of carbonyl (C=O) groups excluding carboxylic acids is 3. The van der Waals surface area contributed by atoms with Crippen molar-refractivity contribution in [2.45, 2.75) is 57.2 Å². The van der Waals surface area contributed by atoms with E-state index < -0.39 is 29.6 Å². The minimum atomic E-state index is -1.52. The van der Waals surface area contributed by atoms with Crippen molar-refractivity contribution in [2.75, 3.05) is 7.11 Å². The minimum Gasteiger partial charge on any atom is -0.467 e. The van der Waals surface area contributed by atoms with Gasteiger partial charge < -0.3 is 25.5 Å². The maximum atomic E-state index is 13.1. The molecule has 0 fully saturated rings. The Balaban J connectivity index is 1.52. The first-order valence-electron chi connectivity index (χ1n) is 12.3. The number of hydrogen-bond donors (Lipinski definition) is 4. The maximum absolute atomic E-state index is 13.1. The topological polar surface area (TPSA) is 121 Å². The van der Waals surface area contributed by atoms with E-state index in [-0.39, 0.29) is 24.7 Å². The van der Waals surface area contributed by atoms with Gasteiger partial charge in [-0.05, 0) is 54.2 Å². The highest BCUT2D eigenvalue weighted by molar-refractivity contribution is 6.31. The molecule has 1 aromatic heterocycles. The zero-order valence-corrected chi connectivity index (χ0v) is 21.9. The van der Waals surface area contributed by atoms with Crippen LogP contribution in [0.2, 0.25) is 5.02 Å². The summed E-state index contributed by atoms with van der Waals surface area (Å²) in [5.41, 5.74) is 1.15. The van der Waals surface area contributed by atoms with Crippen LogP contribution in [0.15, 0.2) is 48.5 Å². The van der Waals surface area contributed by atoms with E-state index in [0.717, 1.165) is 16.5 Å². The summed E-state index contributed by atoms with van der Waals surface area (Å²) in [5, 5.41) is 18.9. The summed E-state index contributed by atoms with van der Waals surface area (Å²) in [5.74, 6) is -1.15. The summed E-state index contributed by atoms with van der Waals surface area (Å²) in [6.45, 7) is 3.89.